The Balaban J connectivity index is 4.27. The van der Waals surface area contributed by atoms with Gasteiger partial charge in [0.1, 0.15) is 13.2 Å². The zero-order valence-corrected chi connectivity index (χ0v) is 33.3. The van der Waals surface area contributed by atoms with Crippen LogP contribution in [0.3, 0.4) is 0 Å². The summed E-state index contributed by atoms with van der Waals surface area (Å²) >= 11 is 0. The van der Waals surface area contributed by atoms with Crippen LogP contribution in [0.2, 0.25) is 0 Å². The highest BCUT2D eigenvalue weighted by atomic mass is 16.6. The van der Waals surface area contributed by atoms with Crippen LogP contribution in [0, 0.1) is 11.8 Å². The molecule has 0 aliphatic heterocycles. The molecular formula is C43H82O6. The van der Waals surface area contributed by atoms with Gasteiger partial charge in [0.15, 0.2) is 6.10 Å². The molecule has 290 valence electrons. The highest BCUT2D eigenvalue weighted by Crippen LogP contribution is 2.16. The monoisotopic (exact) mass is 695 g/mol. The SMILES string of the molecule is CCCCCCCCCC(=O)O[C@@H](COC(=O)CCCCCCCCCCCCCC(C)C)COC(=O)CCCCCCCCC(C)CC. The smallest absolute Gasteiger partial charge is 0.306 e. The number of ether oxygens (including phenoxy) is 3. The molecule has 6 nitrogen and oxygen atoms in total. The fourth-order valence-electron chi connectivity index (χ4n) is 6.19. The molecule has 0 spiro atoms. The minimum absolute atomic E-state index is 0.0665. The van der Waals surface area contributed by atoms with E-state index in [0.29, 0.717) is 19.3 Å². The maximum atomic E-state index is 12.6. The number of hydrogen-bond donors (Lipinski definition) is 0. The van der Waals surface area contributed by atoms with Gasteiger partial charge in [-0.2, -0.15) is 0 Å². The number of unbranched alkanes of at least 4 members (excludes halogenated alkanes) is 21. The molecule has 2 atom stereocenters. The van der Waals surface area contributed by atoms with E-state index < -0.39 is 6.10 Å². The number of hydrogen-bond acceptors (Lipinski definition) is 6. The van der Waals surface area contributed by atoms with E-state index >= 15 is 0 Å². The Labute approximate surface area is 304 Å². The van der Waals surface area contributed by atoms with Gasteiger partial charge in [-0.25, -0.2) is 0 Å². The largest absolute Gasteiger partial charge is 0.462 e. The van der Waals surface area contributed by atoms with Crippen molar-refractivity contribution in [1.29, 1.82) is 0 Å². The van der Waals surface area contributed by atoms with Crippen LogP contribution in [-0.2, 0) is 28.6 Å². The molecule has 6 heteroatoms. The lowest BCUT2D eigenvalue weighted by Crippen LogP contribution is -2.30. The zero-order valence-electron chi connectivity index (χ0n) is 33.3. The minimum atomic E-state index is -0.759. The molecule has 0 fully saturated rings. The van der Waals surface area contributed by atoms with Crippen LogP contribution in [0.5, 0.6) is 0 Å². The Hall–Kier alpha value is -1.59. The number of rotatable bonds is 37. The van der Waals surface area contributed by atoms with Crippen molar-refractivity contribution < 1.29 is 28.6 Å². The van der Waals surface area contributed by atoms with Crippen LogP contribution >= 0.6 is 0 Å². The normalized spacial score (nSPS) is 12.6. The Morgan fingerprint density at radius 1 is 0.429 bits per heavy atom. The Bertz CT molecular complexity index is 751. The van der Waals surface area contributed by atoms with Gasteiger partial charge in [0, 0.05) is 19.3 Å². The lowest BCUT2D eigenvalue weighted by Gasteiger charge is -2.18. The third-order valence-corrected chi connectivity index (χ3v) is 9.83. The van der Waals surface area contributed by atoms with E-state index in [2.05, 4.69) is 34.6 Å². The molecule has 0 amide bonds. The average Bonchev–Trinajstić information content (AvgIpc) is 3.08. The molecule has 1 unspecified atom stereocenters. The topological polar surface area (TPSA) is 78.9 Å². The van der Waals surface area contributed by atoms with Crippen molar-refractivity contribution in [3.05, 3.63) is 0 Å². The summed E-state index contributed by atoms with van der Waals surface area (Å²) < 4.78 is 16.6. The van der Waals surface area contributed by atoms with Gasteiger partial charge in [-0.15, -0.1) is 0 Å². The lowest BCUT2D eigenvalue weighted by atomic mass is 10.00. The van der Waals surface area contributed by atoms with E-state index in [1.54, 1.807) is 0 Å². The molecule has 0 aromatic rings. The van der Waals surface area contributed by atoms with Gasteiger partial charge in [0.2, 0.25) is 0 Å². The standard InChI is InChI=1S/C43H82O6/c1-6-8-9-10-16-25-30-35-43(46)49-40(37-48-42(45)34-29-24-20-19-22-27-32-39(5)7-2)36-47-41(44)33-28-23-18-15-13-11-12-14-17-21-26-31-38(3)4/h38-40H,6-37H2,1-5H3/t39?,40-/m0/s1. The molecule has 49 heavy (non-hydrogen) atoms. The van der Waals surface area contributed by atoms with Gasteiger partial charge in [0.05, 0.1) is 0 Å². The summed E-state index contributed by atoms with van der Waals surface area (Å²) in [7, 11) is 0. The van der Waals surface area contributed by atoms with Crippen molar-refractivity contribution in [2.75, 3.05) is 13.2 Å². The van der Waals surface area contributed by atoms with Gasteiger partial charge in [-0.1, -0.05) is 189 Å². The van der Waals surface area contributed by atoms with Crippen molar-refractivity contribution in [2.24, 2.45) is 11.8 Å². The first kappa shape index (κ1) is 47.4. The Kier molecular flexibility index (Phi) is 35.0. The van der Waals surface area contributed by atoms with Gasteiger partial charge < -0.3 is 14.2 Å². The van der Waals surface area contributed by atoms with Crippen LogP contribution < -0.4 is 0 Å². The average molecular weight is 695 g/mol. The Morgan fingerprint density at radius 2 is 0.776 bits per heavy atom. The number of carbonyl (C=O) groups is 3. The molecule has 0 rings (SSSR count). The molecular weight excluding hydrogens is 612 g/mol. The first-order valence-electron chi connectivity index (χ1n) is 21.3. The van der Waals surface area contributed by atoms with Crippen molar-refractivity contribution in [1.82, 2.24) is 0 Å². The highest BCUT2D eigenvalue weighted by molar-refractivity contribution is 5.71. The quantitative estimate of drug-likeness (QED) is 0.0366. The van der Waals surface area contributed by atoms with Crippen LogP contribution in [0.1, 0.15) is 227 Å². The second-order valence-corrected chi connectivity index (χ2v) is 15.3. The van der Waals surface area contributed by atoms with Crippen LogP contribution in [0.15, 0.2) is 0 Å². The maximum Gasteiger partial charge on any atom is 0.306 e. The van der Waals surface area contributed by atoms with E-state index in [0.717, 1.165) is 69.6 Å². The second kappa shape index (κ2) is 36.2. The summed E-state index contributed by atoms with van der Waals surface area (Å²) in [6, 6.07) is 0. The van der Waals surface area contributed by atoms with Crippen molar-refractivity contribution in [3.8, 4) is 0 Å². The summed E-state index contributed by atoms with van der Waals surface area (Å²) in [6.07, 6.45) is 32.4. The fourth-order valence-corrected chi connectivity index (χ4v) is 6.19. The summed E-state index contributed by atoms with van der Waals surface area (Å²) in [6.45, 7) is 11.2. The molecule has 0 N–H and O–H groups in total. The highest BCUT2D eigenvalue weighted by Gasteiger charge is 2.19. The summed E-state index contributed by atoms with van der Waals surface area (Å²) in [5.74, 6) is 0.770. The summed E-state index contributed by atoms with van der Waals surface area (Å²) in [5.41, 5.74) is 0. The third-order valence-electron chi connectivity index (χ3n) is 9.83. The molecule has 0 aromatic heterocycles. The first-order valence-corrected chi connectivity index (χ1v) is 21.3. The van der Waals surface area contributed by atoms with E-state index in [4.69, 9.17) is 14.2 Å². The number of esters is 3. The van der Waals surface area contributed by atoms with Gasteiger partial charge in [-0.3, -0.25) is 14.4 Å². The molecule has 0 heterocycles. The molecule has 0 aromatic carbocycles. The lowest BCUT2D eigenvalue weighted by molar-refractivity contribution is -0.167. The van der Waals surface area contributed by atoms with Crippen LogP contribution in [0.4, 0.5) is 0 Å². The number of carbonyl (C=O) groups excluding carboxylic acids is 3. The minimum Gasteiger partial charge on any atom is -0.462 e. The Morgan fingerprint density at radius 3 is 1.16 bits per heavy atom. The molecule has 0 aliphatic rings. The maximum absolute atomic E-state index is 12.6. The van der Waals surface area contributed by atoms with Gasteiger partial charge in [-0.05, 0) is 31.1 Å². The zero-order chi connectivity index (χ0) is 36.2. The van der Waals surface area contributed by atoms with Crippen molar-refractivity contribution in [3.63, 3.8) is 0 Å². The van der Waals surface area contributed by atoms with E-state index in [1.165, 1.54) is 116 Å². The van der Waals surface area contributed by atoms with Gasteiger partial charge in [0.25, 0.3) is 0 Å². The molecule has 0 radical (unpaired) electrons. The van der Waals surface area contributed by atoms with Crippen molar-refractivity contribution >= 4 is 17.9 Å². The first-order chi connectivity index (χ1) is 23.8. The molecule has 0 saturated heterocycles. The second-order valence-electron chi connectivity index (χ2n) is 15.3. The predicted molar refractivity (Wildman–Crippen MR) is 206 cm³/mol. The van der Waals surface area contributed by atoms with Crippen molar-refractivity contribution in [2.45, 2.75) is 233 Å². The summed E-state index contributed by atoms with van der Waals surface area (Å²) in [4.78, 5) is 37.4. The van der Waals surface area contributed by atoms with E-state index in [9.17, 15) is 14.4 Å². The van der Waals surface area contributed by atoms with Crippen LogP contribution in [-0.4, -0.2) is 37.2 Å². The third kappa shape index (κ3) is 36.0. The van der Waals surface area contributed by atoms with Gasteiger partial charge >= 0.3 is 17.9 Å². The molecule has 0 aliphatic carbocycles. The fraction of sp³-hybridized carbons (Fsp3) is 0.930. The molecule has 0 bridgehead atoms. The summed E-state index contributed by atoms with van der Waals surface area (Å²) in [5, 5.41) is 0. The van der Waals surface area contributed by atoms with E-state index in [-0.39, 0.29) is 31.1 Å². The van der Waals surface area contributed by atoms with Crippen LogP contribution in [0.25, 0.3) is 0 Å². The predicted octanol–water partition coefficient (Wildman–Crippen LogP) is 13.0. The molecule has 0 saturated carbocycles. The van der Waals surface area contributed by atoms with E-state index in [1.807, 2.05) is 0 Å².